The van der Waals surface area contributed by atoms with Gasteiger partial charge in [0.05, 0.1) is 19.4 Å². The Morgan fingerprint density at radius 3 is 2.63 bits per heavy atom. The van der Waals surface area contributed by atoms with Crippen LogP contribution in [-0.4, -0.2) is 30.3 Å². The Kier molecular flexibility index (Phi) is 7.55. The van der Waals surface area contributed by atoms with Gasteiger partial charge in [0.25, 0.3) is 5.91 Å². The zero-order chi connectivity index (χ0) is 21.2. The lowest BCUT2D eigenvalue weighted by Gasteiger charge is -2.10. The van der Waals surface area contributed by atoms with Crippen molar-refractivity contribution in [2.45, 2.75) is 20.3 Å². The Bertz CT molecular complexity index is 1000. The molecule has 2 aromatic carbocycles. The summed E-state index contributed by atoms with van der Waals surface area (Å²) in [6.07, 6.45) is 5.47. The third-order valence-corrected chi connectivity index (χ3v) is 4.33. The van der Waals surface area contributed by atoms with E-state index in [1.807, 2.05) is 43.3 Å². The average Bonchev–Trinajstić information content (AvgIpc) is 2.76. The molecular formula is C24H25N3O3. The zero-order valence-corrected chi connectivity index (χ0v) is 17.2. The molecule has 0 aliphatic heterocycles. The number of pyridine rings is 1. The van der Waals surface area contributed by atoms with E-state index < -0.39 is 0 Å². The molecule has 1 amide bonds. The van der Waals surface area contributed by atoms with Gasteiger partial charge < -0.3 is 9.47 Å². The summed E-state index contributed by atoms with van der Waals surface area (Å²) in [6.45, 7) is 5.25. The molecule has 154 valence electrons. The number of hydrogen-bond acceptors (Lipinski definition) is 5. The molecule has 6 heteroatoms. The van der Waals surface area contributed by atoms with Crippen LogP contribution in [0.5, 0.6) is 11.5 Å². The first-order valence-electron chi connectivity index (χ1n) is 9.78. The summed E-state index contributed by atoms with van der Waals surface area (Å²) in [7, 11) is 0. The van der Waals surface area contributed by atoms with Crippen molar-refractivity contribution in [1.29, 1.82) is 0 Å². The lowest BCUT2D eigenvalue weighted by Crippen LogP contribution is -2.17. The first kappa shape index (κ1) is 21.0. The van der Waals surface area contributed by atoms with Gasteiger partial charge in [-0.25, -0.2) is 5.43 Å². The fourth-order valence-corrected chi connectivity index (χ4v) is 2.81. The molecule has 0 radical (unpaired) electrons. The Morgan fingerprint density at radius 2 is 1.83 bits per heavy atom. The van der Waals surface area contributed by atoms with Crippen LogP contribution >= 0.6 is 0 Å². The Hall–Kier alpha value is -3.67. The van der Waals surface area contributed by atoms with E-state index in [4.69, 9.17) is 9.47 Å². The number of nitrogens with one attached hydrogen (secondary N) is 1. The van der Waals surface area contributed by atoms with E-state index in [1.54, 1.807) is 30.7 Å². The van der Waals surface area contributed by atoms with Crippen molar-refractivity contribution in [1.82, 2.24) is 10.4 Å². The molecule has 0 saturated carbocycles. The molecular weight excluding hydrogens is 378 g/mol. The number of benzene rings is 2. The molecule has 0 aliphatic rings. The molecule has 3 rings (SSSR count). The maximum Gasteiger partial charge on any atom is 0.271 e. The number of nitrogens with zero attached hydrogens (tertiary/aromatic N) is 2. The fourth-order valence-electron chi connectivity index (χ4n) is 2.81. The lowest BCUT2D eigenvalue weighted by molar-refractivity contribution is 0.0955. The molecule has 6 nitrogen and oxygen atoms in total. The van der Waals surface area contributed by atoms with Gasteiger partial charge in [0.15, 0.2) is 0 Å². The minimum Gasteiger partial charge on any atom is -0.493 e. The van der Waals surface area contributed by atoms with Gasteiger partial charge in [-0.3, -0.25) is 9.78 Å². The molecule has 1 aromatic heterocycles. The van der Waals surface area contributed by atoms with E-state index in [2.05, 4.69) is 28.5 Å². The van der Waals surface area contributed by atoms with Crippen molar-refractivity contribution in [3.05, 3.63) is 89.2 Å². The number of carbonyl (C=O) groups excluding carboxylic acids is 1. The van der Waals surface area contributed by atoms with Gasteiger partial charge in [-0.1, -0.05) is 29.8 Å². The molecule has 1 heterocycles. The molecule has 3 aromatic rings. The highest BCUT2D eigenvalue weighted by Crippen LogP contribution is 2.19. The van der Waals surface area contributed by atoms with Crippen LogP contribution in [0.3, 0.4) is 0 Å². The lowest BCUT2D eigenvalue weighted by atomic mass is 10.1. The first-order valence-corrected chi connectivity index (χ1v) is 9.78. The van der Waals surface area contributed by atoms with E-state index in [9.17, 15) is 4.79 Å². The second-order valence-electron chi connectivity index (χ2n) is 6.83. The van der Waals surface area contributed by atoms with Gasteiger partial charge in [0.2, 0.25) is 0 Å². The van der Waals surface area contributed by atoms with Crippen LogP contribution in [0.2, 0.25) is 0 Å². The number of aromatic nitrogens is 1. The summed E-state index contributed by atoms with van der Waals surface area (Å²) in [5.74, 6) is 1.36. The minimum atomic E-state index is -0.287. The predicted molar refractivity (Wildman–Crippen MR) is 117 cm³/mol. The summed E-state index contributed by atoms with van der Waals surface area (Å²) in [4.78, 5) is 15.8. The number of aryl methyl sites for hydroxylation is 2. The van der Waals surface area contributed by atoms with Gasteiger partial charge in [0, 0.05) is 24.4 Å². The summed E-state index contributed by atoms with van der Waals surface area (Å²) >= 11 is 0. The summed E-state index contributed by atoms with van der Waals surface area (Å²) in [5.41, 5.74) is 6.19. The van der Waals surface area contributed by atoms with Crippen molar-refractivity contribution in [3.8, 4) is 11.5 Å². The van der Waals surface area contributed by atoms with Gasteiger partial charge in [-0.05, 0) is 55.3 Å². The quantitative estimate of drug-likeness (QED) is 0.328. The average molecular weight is 403 g/mol. The van der Waals surface area contributed by atoms with Crippen molar-refractivity contribution in [3.63, 3.8) is 0 Å². The molecule has 30 heavy (non-hydrogen) atoms. The fraction of sp³-hybridized carbons (Fsp3) is 0.208. The highest BCUT2D eigenvalue weighted by Gasteiger charge is 2.03. The van der Waals surface area contributed by atoms with Crippen molar-refractivity contribution >= 4 is 12.1 Å². The third-order valence-electron chi connectivity index (χ3n) is 4.33. The molecule has 0 bridgehead atoms. The van der Waals surface area contributed by atoms with Crippen LogP contribution in [0.4, 0.5) is 0 Å². The Morgan fingerprint density at radius 1 is 1.03 bits per heavy atom. The monoisotopic (exact) mass is 403 g/mol. The minimum absolute atomic E-state index is 0.287. The van der Waals surface area contributed by atoms with Gasteiger partial charge >= 0.3 is 0 Å². The van der Waals surface area contributed by atoms with Crippen LogP contribution in [-0.2, 0) is 0 Å². The van der Waals surface area contributed by atoms with Crippen molar-refractivity contribution < 1.29 is 14.3 Å². The highest BCUT2D eigenvalue weighted by atomic mass is 16.5. The highest BCUT2D eigenvalue weighted by molar-refractivity contribution is 5.94. The van der Waals surface area contributed by atoms with E-state index in [0.717, 1.165) is 29.0 Å². The molecule has 0 saturated heterocycles. The molecule has 0 spiro atoms. The molecule has 1 N–H and O–H groups in total. The van der Waals surface area contributed by atoms with Crippen LogP contribution in [0, 0.1) is 13.8 Å². The van der Waals surface area contributed by atoms with E-state index >= 15 is 0 Å². The van der Waals surface area contributed by atoms with Crippen LogP contribution in [0.25, 0.3) is 0 Å². The van der Waals surface area contributed by atoms with Crippen molar-refractivity contribution in [2.75, 3.05) is 13.2 Å². The van der Waals surface area contributed by atoms with Crippen molar-refractivity contribution in [2.24, 2.45) is 5.10 Å². The number of amides is 1. The van der Waals surface area contributed by atoms with Crippen LogP contribution < -0.4 is 14.9 Å². The second-order valence-corrected chi connectivity index (χ2v) is 6.83. The van der Waals surface area contributed by atoms with Gasteiger partial charge in [-0.15, -0.1) is 0 Å². The number of rotatable bonds is 9. The zero-order valence-electron chi connectivity index (χ0n) is 17.2. The number of hydrazone groups is 1. The normalized spacial score (nSPS) is 10.7. The molecule has 0 fully saturated rings. The van der Waals surface area contributed by atoms with Crippen LogP contribution in [0.15, 0.2) is 72.1 Å². The topological polar surface area (TPSA) is 72.8 Å². The Balaban J connectivity index is 1.42. The molecule has 0 aliphatic carbocycles. The predicted octanol–water partition coefficient (Wildman–Crippen LogP) is 4.31. The number of hydrogen-bond donors (Lipinski definition) is 1. The van der Waals surface area contributed by atoms with E-state index in [0.29, 0.717) is 18.8 Å². The van der Waals surface area contributed by atoms with Gasteiger partial charge in [0.1, 0.15) is 11.5 Å². The van der Waals surface area contributed by atoms with E-state index in [1.165, 1.54) is 5.56 Å². The van der Waals surface area contributed by atoms with Gasteiger partial charge in [-0.2, -0.15) is 5.10 Å². The third kappa shape index (κ3) is 6.44. The number of carbonyl (C=O) groups is 1. The standard InChI is InChI=1S/C24H25N3O3/c1-18-7-8-23(19(2)15-18)30-14-4-13-29-22-6-3-5-20(16-22)17-26-27-24(28)21-9-11-25-12-10-21/h3,5-12,15-17H,4,13-14H2,1-2H3,(H,27,28)/b26-17-. The maximum atomic E-state index is 12.0. The largest absolute Gasteiger partial charge is 0.493 e. The maximum absolute atomic E-state index is 12.0. The summed E-state index contributed by atoms with van der Waals surface area (Å²) in [5, 5.41) is 4.00. The Labute approximate surface area is 176 Å². The second kappa shape index (κ2) is 10.8. The summed E-state index contributed by atoms with van der Waals surface area (Å²) < 4.78 is 11.6. The smallest absolute Gasteiger partial charge is 0.271 e. The molecule has 0 atom stereocenters. The number of ether oxygens (including phenoxy) is 2. The molecule has 0 unspecified atom stereocenters. The SMILES string of the molecule is Cc1ccc(OCCCOc2cccc(/C=N\NC(=O)c3ccncc3)c2)c(C)c1. The first-order chi connectivity index (χ1) is 14.6. The van der Waals surface area contributed by atoms with Crippen LogP contribution in [0.1, 0.15) is 33.5 Å². The van der Waals surface area contributed by atoms with E-state index in [-0.39, 0.29) is 5.91 Å². The summed E-state index contributed by atoms with van der Waals surface area (Å²) in [6, 6.07) is 16.9.